The summed E-state index contributed by atoms with van der Waals surface area (Å²) in [6, 6.07) is 12.2. The molecule has 160 valence electrons. The van der Waals surface area contributed by atoms with Crippen molar-refractivity contribution < 1.29 is 4.79 Å². The highest BCUT2D eigenvalue weighted by atomic mass is 16.1. The first-order chi connectivity index (χ1) is 15.5. The van der Waals surface area contributed by atoms with E-state index in [1.165, 1.54) is 0 Å². The lowest BCUT2D eigenvalue weighted by Gasteiger charge is -2.19. The average molecular weight is 421 g/mol. The van der Waals surface area contributed by atoms with Crippen LogP contribution in [0.25, 0.3) is 34.0 Å². The van der Waals surface area contributed by atoms with Gasteiger partial charge in [-0.3, -0.25) is 9.78 Å². The lowest BCUT2D eigenvalue weighted by atomic mass is 9.88. The van der Waals surface area contributed by atoms with E-state index < -0.39 is 0 Å². The topological polar surface area (TPSA) is 42.9 Å². The molecule has 0 radical (unpaired) electrons. The molecule has 0 spiro atoms. The molecule has 0 aliphatic carbocycles. The minimum atomic E-state index is 0.0137. The van der Waals surface area contributed by atoms with Crippen LogP contribution in [0.5, 0.6) is 0 Å². The summed E-state index contributed by atoms with van der Waals surface area (Å²) in [6.45, 7) is 11.4. The van der Waals surface area contributed by atoms with E-state index in [0.29, 0.717) is 5.56 Å². The fraction of sp³-hybridized carbons (Fsp3) is 0.138. The number of aromatic nitrogens is 2. The fourth-order valence-electron chi connectivity index (χ4n) is 3.84. The number of hydrogen-bond donors (Lipinski definition) is 0. The van der Waals surface area contributed by atoms with Crippen molar-refractivity contribution in [2.45, 2.75) is 27.7 Å². The molecule has 0 saturated carbocycles. The molecular formula is C29H28N2O. The van der Waals surface area contributed by atoms with Crippen LogP contribution in [-0.4, -0.2) is 15.8 Å². The van der Waals surface area contributed by atoms with Gasteiger partial charge in [0.05, 0.1) is 11.4 Å². The van der Waals surface area contributed by atoms with Gasteiger partial charge in [-0.2, -0.15) is 0 Å². The number of ketones is 1. The molecular weight excluding hydrogens is 392 g/mol. The summed E-state index contributed by atoms with van der Waals surface area (Å²) in [5.41, 5.74) is 8.03. The zero-order valence-electron chi connectivity index (χ0n) is 19.1. The molecule has 0 atom stereocenters. The van der Waals surface area contributed by atoms with Crippen LogP contribution < -0.4 is 0 Å². The van der Waals surface area contributed by atoms with E-state index in [1.54, 1.807) is 25.4 Å². The number of hydrogen-bond acceptors (Lipinski definition) is 3. The standard InChI is InChI=1S/C29H28N2O/c1-6-9-24(10-7-2)28-27(21(5)32)20(4)26(11-8-3)31-29(28)25-14-12-22(13-15-25)23-16-18-30-19-17-23/h6-19H,1H2,2-5H3/b10-7-,11-8-,24-9+. The Hall–Kier alpha value is -3.85. The van der Waals surface area contributed by atoms with Gasteiger partial charge in [0.15, 0.2) is 5.78 Å². The van der Waals surface area contributed by atoms with Gasteiger partial charge in [0.1, 0.15) is 0 Å². The molecule has 1 aromatic carbocycles. The predicted molar refractivity (Wildman–Crippen MR) is 135 cm³/mol. The average Bonchev–Trinajstić information content (AvgIpc) is 2.80. The first-order valence-electron chi connectivity index (χ1n) is 10.7. The second kappa shape index (κ2) is 10.5. The van der Waals surface area contributed by atoms with Gasteiger partial charge in [-0.1, -0.05) is 61.2 Å². The Morgan fingerprint density at radius 1 is 0.906 bits per heavy atom. The zero-order valence-corrected chi connectivity index (χ0v) is 19.1. The van der Waals surface area contributed by atoms with Gasteiger partial charge in [-0.25, -0.2) is 4.98 Å². The van der Waals surface area contributed by atoms with Crippen LogP contribution in [0.2, 0.25) is 0 Å². The quantitative estimate of drug-likeness (QED) is 0.293. The van der Waals surface area contributed by atoms with E-state index in [1.807, 2.05) is 63.3 Å². The SMILES string of the molecule is C=C/C=C(\C=C/C)c1c(-c2ccc(-c3ccncc3)cc2)nc(/C=C\C)c(C)c1C(C)=O. The van der Waals surface area contributed by atoms with E-state index >= 15 is 0 Å². The van der Waals surface area contributed by atoms with E-state index in [9.17, 15) is 4.79 Å². The molecule has 3 rings (SSSR count). The van der Waals surface area contributed by atoms with E-state index in [-0.39, 0.29) is 5.78 Å². The van der Waals surface area contributed by atoms with Crippen LogP contribution in [-0.2, 0) is 0 Å². The molecule has 0 N–H and O–H groups in total. The summed E-state index contributed by atoms with van der Waals surface area (Å²) in [4.78, 5) is 21.9. The first-order valence-corrected chi connectivity index (χ1v) is 10.7. The summed E-state index contributed by atoms with van der Waals surface area (Å²) in [6.07, 6.45) is 15.1. The van der Waals surface area contributed by atoms with Crippen molar-refractivity contribution in [3.8, 4) is 22.4 Å². The summed E-state index contributed by atoms with van der Waals surface area (Å²) < 4.78 is 0. The highest BCUT2D eigenvalue weighted by Crippen LogP contribution is 2.36. The molecule has 0 bridgehead atoms. The van der Waals surface area contributed by atoms with Crippen molar-refractivity contribution in [3.05, 3.63) is 108 Å². The van der Waals surface area contributed by atoms with Gasteiger partial charge in [0.2, 0.25) is 0 Å². The van der Waals surface area contributed by atoms with E-state index in [4.69, 9.17) is 4.98 Å². The normalized spacial score (nSPS) is 11.9. The molecule has 32 heavy (non-hydrogen) atoms. The minimum Gasteiger partial charge on any atom is -0.294 e. The maximum atomic E-state index is 12.8. The van der Waals surface area contributed by atoms with Gasteiger partial charge >= 0.3 is 0 Å². The number of Topliss-reactive ketones (excluding diaryl/α,β-unsaturated/α-hetero) is 1. The van der Waals surface area contributed by atoms with Gasteiger partial charge < -0.3 is 0 Å². The highest BCUT2D eigenvalue weighted by molar-refractivity contribution is 6.05. The minimum absolute atomic E-state index is 0.0137. The van der Waals surface area contributed by atoms with Crippen LogP contribution >= 0.6 is 0 Å². The predicted octanol–water partition coefficient (Wildman–Crippen LogP) is 7.50. The Morgan fingerprint density at radius 2 is 1.53 bits per heavy atom. The third kappa shape index (κ3) is 4.73. The molecule has 0 unspecified atom stereocenters. The van der Waals surface area contributed by atoms with Crippen molar-refractivity contribution in [1.82, 2.24) is 9.97 Å². The van der Waals surface area contributed by atoms with Crippen LogP contribution in [0.1, 0.15) is 48.0 Å². The molecule has 3 heteroatoms. The fourth-order valence-corrected chi connectivity index (χ4v) is 3.84. The Labute approximate surface area is 190 Å². The smallest absolute Gasteiger partial charge is 0.160 e. The van der Waals surface area contributed by atoms with Gasteiger partial charge in [0, 0.05) is 29.1 Å². The number of rotatable bonds is 7. The van der Waals surface area contributed by atoms with Gasteiger partial charge in [-0.15, -0.1) is 0 Å². The number of pyridine rings is 2. The molecule has 2 aromatic heterocycles. The summed E-state index contributed by atoms with van der Waals surface area (Å²) in [7, 11) is 0. The number of nitrogens with zero attached hydrogens (tertiary/aromatic N) is 2. The number of carbonyl (C=O) groups is 1. The number of benzene rings is 1. The van der Waals surface area contributed by atoms with E-state index in [2.05, 4.69) is 35.8 Å². The second-order valence-electron chi connectivity index (χ2n) is 7.45. The lowest BCUT2D eigenvalue weighted by molar-refractivity contribution is 0.101. The molecule has 3 nitrogen and oxygen atoms in total. The third-order valence-electron chi connectivity index (χ3n) is 5.26. The zero-order chi connectivity index (χ0) is 23.1. The number of allylic oxidation sites excluding steroid dienone is 6. The van der Waals surface area contributed by atoms with Crippen LogP contribution in [0.3, 0.4) is 0 Å². The summed E-state index contributed by atoms with van der Waals surface area (Å²) in [5.74, 6) is 0.0137. The molecule has 0 amide bonds. The molecule has 0 aliphatic rings. The van der Waals surface area contributed by atoms with Crippen LogP contribution in [0.15, 0.2) is 85.8 Å². The maximum absolute atomic E-state index is 12.8. The maximum Gasteiger partial charge on any atom is 0.160 e. The molecule has 3 aromatic rings. The Balaban J connectivity index is 2.33. The molecule has 2 heterocycles. The molecule has 0 saturated heterocycles. The van der Waals surface area contributed by atoms with Crippen molar-refractivity contribution in [2.75, 3.05) is 0 Å². The van der Waals surface area contributed by atoms with E-state index in [0.717, 1.165) is 44.8 Å². The molecule has 0 fully saturated rings. The Morgan fingerprint density at radius 3 is 2.09 bits per heavy atom. The summed E-state index contributed by atoms with van der Waals surface area (Å²) in [5, 5.41) is 0. The lowest BCUT2D eigenvalue weighted by Crippen LogP contribution is -2.09. The van der Waals surface area contributed by atoms with Gasteiger partial charge in [-0.05, 0) is 68.2 Å². The Kier molecular flexibility index (Phi) is 7.45. The monoisotopic (exact) mass is 420 g/mol. The first kappa shape index (κ1) is 22.8. The van der Waals surface area contributed by atoms with Crippen molar-refractivity contribution >= 4 is 17.4 Å². The largest absolute Gasteiger partial charge is 0.294 e. The van der Waals surface area contributed by atoms with Crippen LogP contribution in [0.4, 0.5) is 0 Å². The summed E-state index contributed by atoms with van der Waals surface area (Å²) >= 11 is 0. The van der Waals surface area contributed by atoms with Crippen molar-refractivity contribution in [1.29, 1.82) is 0 Å². The van der Waals surface area contributed by atoms with Crippen LogP contribution in [0, 0.1) is 6.92 Å². The van der Waals surface area contributed by atoms with Crippen molar-refractivity contribution in [2.24, 2.45) is 0 Å². The second-order valence-corrected chi connectivity index (χ2v) is 7.45. The van der Waals surface area contributed by atoms with Crippen molar-refractivity contribution in [3.63, 3.8) is 0 Å². The van der Waals surface area contributed by atoms with Gasteiger partial charge in [0.25, 0.3) is 0 Å². The highest BCUT2D eigenvalue weighted by Gasteiger charge is 2.22. The Bertz CT molecular complexity index is 1210. The number of carbonyl (C=O) groups excluding carboxylic acids is 1. The third-order valence-corrected chi connectivity index (χ3v) is 5.26. The molecule has 0 aliphatic heterocycles.